The topological polar surface area (TPSA) is 95.4 Å². The number of unbranched alkanes of at least 4 members (excludes halogenated alkanes) is 2. The standard InChI is InChI=1S/C40H59N7O2/c1-5-6-7-11-21-45-22-18-30(19-23-45)25-38(48)41-33-15-14-32(26-33)40(49)42-35(31-12-9-8-10-13-31)20-24-46-34-16-17-36(46)37(27-34)47-29(4)43-44-39(47)28(2)3/h1,8-10,12-13,28,30,32-37H,6-7,11,14-27H2,2-4H3,(H,41,48)(H,42,49)/t32-,33+,34?,35+,36?,37?/m1/s1. The number of benzene rings is 1. The molecule has 49 heavy (non-hydrogen) atoms. The molecule has 2 N–H and O–H groups in total. The monoisotopic (exact) mass is 669 g/mol. The van der Waals surface area contributed by atoms with Gasteiger partial charge in [0, 0.05) is 49.3 Å². The quantitative estimate of drug-likeness (QED) is 0.181. The fraction of sp³-hybridized carbons (Fsp3) is 0.700. The van der Waals surface area contributed by atoms with Gasteiger partial charge in [0.15, 0.2) is 0 Å². The van der Waals surface area contributed by atoms with E-state index in [1.807, 2.05) is 6.07 Å². The summed E-state index contributed by atoms with van der Waals surface area (Å²) in [5.41, 5.74) is 1.16. The summed E-state index contributed by atoms with van der Waals surface area (Å²) in [7, 11) is 0. The smallest absolute Gasteiger partial charge is 0.223 e. The SMILES string of the molecule is C#CCCCCN1CCC(CC(=O)N[C@H]2CC[C@@H](C(=O)N[C@@H](CCN3C4CCC3C(n3c(C)nnc3C(C)C)C4)c3ccccc3)C2)CC1. The number of amides is 2. The lowest BCUT2D eigenvalue weighted by Crippen LogP contribution is -2.39. The molecule has 9 nitrogen and oxygen atoms in total. The van der Waals surface area contributed by atoms with Gasteiger partial charge in [-0.3, -0.25) is 14.5 Å². The maximum atomic E-state index is 13.7. The average Bonchev–Trinajstić information content (AvgIpc) is 3.90. The normalized spacial score (nSPS) is 26.6. The van der Waals surface area contributed by atoms with Gasteiger partial charge in [0.2, 0.25) is 11.8 Å². The number of aromatic nitrogens is 3. The maximum Gasteiger partial charge on any atom is 0.223 e. The van der Waals surface area contributed by atoms with Crippen LogP contribution in [0.25, 0.3) is 0 Å². The number of carbonyl (C=O) groups excluding carboxylic acids is 2. The van der Waals surface area contributed by atoms with Crippen molar-refractivity contribution >= 4 is 11.8 Å². The lowest BCUT2D eigenvalue weighted by Gasteiger charge is -2.31. The first-order chi connectivity index (χ1) is 23.8. The highest BCUT2D eigenvalue weighted by Crippen LogP contribution is 2.46. The molecule has 1 aliphatic carbocycles. The van der Waals surface area contributed by atoms with Crippen molar-refractivity contribution in [3.63, 3.8) is 0 Å². The highest BCUT2D eigenvalue weighted by molar-refractivity contribution is 5.80. The Morgan fingerprint density at radius 2 is 1.76 bits per heavy atom. The van der Waals surface area contributed by atoms with Gasteiger partial charge in [-0.25, -0.2) is 0 Å². The molecule has 3 unspecified atom stereocenters. The summed E-state index contributed by atoms with van der Waals surface area (Å²) in [5.74, 6) is 5.86. The number of hydrogen-bond donors (Lipinski definition) is 2. The molecule has 0 spiro atoms. The lowest BCUT2D eigenvalue weighted by molar-refractivity contribution is -0.126. The number of hydrogen-bond acceptors (Lipinski definition) is 6. The summed E-state index contributed by atoms with van der Waals surface area (Å²) in [6.07, 6.45) is 18.1. The molecule has 266 valence electrons. The molecule has 6 rings (SSSR count). The van der Waals surface area contributed by atoms with Crippen molar-refractivity contribution < 1.29 is 9.59 Å². The summed E-state index contributed by atoms with van der Waals surface area (Å²) in [6, 6.07) is 12.0. The van der Waals surface area contributed by atoms with E-state index in [9.17, 15) is 9.59 Å². The Balaban J connectivity index is 0.981. The van der Waals surface area contributed by atoms with Crippen molar-refractivity contribution in [2.75, 3.05) is 26.2 Å². The first-order valence-corrected chi connectivity index (χ1v) is 19.3. The van der Waals surface area contributed by atoms with Gasteiger partial charge in [-0.1, -0.05) is 44.2 Å². The van der Waals surface area contributed by atoms with Crippen LogP contribution < -0.4 is 10.6 Å². The summed E-state index contributed by atoms with van der Waals surface area (Å²) >= 11 is 0. The fourth-order valence-electron chi connectivity index (χ4n) is 9.33. The van der Waals surface area contributed by atoms with Crippen LogP contribution in [0.5, 0.6) is 0 Å². The van der Waals surface area contributed by atoms with E-state index in [0.29, 0.717) is 36.4 Å². The fourth-order valence-corrected chi connectivity index (χ4v) is 9.33. The van der Waals surface area contributed by atoms with Crippen molar-refractivity contribution in [3.8, 4) is 12.3 Å². The van der Waals surface area contributed by atoms with Crippen LogP contribution in [0.4, 0.5) is 0 Å². The zero-order chi connectivity index (χ0) is 34.3. The molecule has 4 heterocycles. The third-order valence-corrected chi connectivity index (χ3v) is 12.0. The summed E-state index contributed by atoms with van der Waals surface area (Å²) in [6.45, 7) is 10.7. The molecule has 0 radical (unpaired) electrons. The van der Waals surface area contributed by atoms with E-state index >= 15 is 0 Å². The molecule has 1 saturated carbocycles. The van der Waals surface area contributed by atoms with Gasteiger partial charge in [0.1, 0.15) is 11.6 Å². The minimum absolute atomic E-state index is 0.0353. The van der Waals surface area contributed by atoms with Crippen LogP contribution >= 0.6 is 0 Å². The molecule has 3 saturated heterocycles. The molecular formula is C40H59N7O2. The Labute approximate surface area is 294 Å². The van der Waals surface area contributed by atoms with Crippen molar-refractivity contribution in [2.24, 2.45) is 11.8 Å². The van der Waals surface area contributed by atoms with Crippen molar-refractivity contribution in [2.45, 2.75) is 140 Å². The largest absolute Gasteiger partial charge is 0.353 e. The van der Waals surface area contributed by atoms with Gasteiger partial charge >= 0.3 is 0 Å². The third-order valence-electron chi connectivity index (χ3n) is 12.0. The molecule has 9 heteroatoms. The van der Waals surface area contributed by atoms with Gasteiger partial charge in [-0.05, 0) is 109 Å². The zero-order valence-electron chi connectivity index (χ0n) is 30.2. The Hall–Kier alpha value is -3.22. The van der Waals surface area contributed by atoms with E-state index in [0.717, 1.165) is 108 Å². The molecule has 2 amide bonds. The van der Waals surface area contributed by atoms with Crippen LogP contribution in [0.2, 0.25) is 0 Å². The van der Waals surface area contributed by atoms with E-state index in [1.165, 1.54) is 12.8 Å². The van der Waals surface area contributed by atoms with Gasteiger partial charge in [0.05, 0.1) is 12.1 Å². The minimum Gasteiger partial charge on any atom is -0.353 e. The molecule has 2 bridgehead atoms. The predicted molar refractivity (Wildman–Crippen MR) is 194 cm³/mol. The minimum atomic E-state index is -0.0623. The molecule has 3 aliphatic heterocycles. The number of aryl methyl sites for hydroxylation is 1. The van der Waals surface area contributed by atoms with E-state index in [4.69, 9.17) is 6.42 Å². The van der Waals surface area contributed by atoms with Crippen LogP contribution in [0.1, 0.15) is 133 Å². The number of carbonyl (C=O) groups is 2. The second-order valence-electron chi connectivity index (χ2n) is 15.7. The van der Waals surface area contributed by atoms with Gasteiger partial charge in [-0.2, -0.15) is 0 Å². The second kappa shape index (κ2) is 16.7. The lowest BCUT2D eigenvalue weighted by atomic mass is 9.93. The Bertz CT molecular complexity index is 1430. The summed E-state index contributed by atoms with van der Waals surface area (Å²) in [5, 5.41) is 15.8. The number of fused-ring (bicyclic) bond motifs is 2. The van der Waals surface area contributed by atoms with Gasteiger partial charge in [0.25, 0.3) is 0 Å². The number of nitrogens with one attached hydrogen (secondary N) is 2. The molecule has 4 fully saturated rings. The van der Waals surface area contributed by atoms with E-state index in [2.05, 4.69) is 86.2 Å². The zero-order valence-corrected chi connectivity index (χ0v) is 30.2. The third kappa shape index (κ3) is 8.75. The molecule has 6 atom stereocenters. The number of piperidine rings is 1. The van der Waals surface area contributed by atoms with Crippen molar-refractivity contribution in [3.05, 3.63) is 47.5 Å². The predicted octanol–water partition coefficient (Wildman–Crippen LogP) is 5.93. The second-order valence-corrected chi connectivity index (χ2v) is 15.7. The Kier molecular flexibility index (Phi) is 12.1. The number of nitrogens with zero attached hydrogens (tertiary/aromatic N) is 5. The number of likely N-dealkylation sites (tertiary alicyclic amines) is 1. The highest BCUT2D eigenvalue weighted by Gasteiger charge is 2.48. The van der Waals surface area contributed by atoms with Crippen LogP contribution in [0.3, 0.4) is 0 Å². The maximum absolute atomic E-state index is 13.7. The van der Waals surface area contributed by atoms with E-state index in [-0.39, 0.29) is 29.8 Å². The van der Waals surface area contributed by atoms with Crippen LogP contribution in [-0.4, -0.2) is 80.7 Å². The Morgan fingerprint density at radius 1 is 0.959 bits per heavy atom. The molecule has 2 aromatic rings. The first kappa shape index (κ1) is 35.6. The Morgan fingerprint density at radius 3 is 2.51 bits per heavy atom. The molecular weight excluding hydrogens is 610 g/mol. The van der Waals surface area contributed by atoms with E-state index < -0.39 is 0 Å². The molecule has 1 aromatic heterocycles. The number of rotatable bonds is 15. The summed E-state index contributed by atoms with van der Waals surface area (Å²) in [4.78, 5) is 32.0. The molecule has 4 aliphatic rings. The van der Waals surface area contributed by atoms with Crippen molar-refractivity contribution in [1.29, 1.82) is 0 Å². The van der Waals surface area contributed by atoms with Crippen molar-refractivity contribution in [1.82, 2.24) is 35.2 Å². The first-order valence-electron chi connectivity index (χ1n) is 19.3. The number of terminal acetylenes is 1. The highest BCUT2D eigenvalue weighted by atomic mass is 16.2. The molecule has 1 aromatic carbocycles. The van der Waals surface area contributed by atoms with Crippen LogP contribution in [-0.2, 0) is 9.59 Å². The average molecular weight is 670 g/mol. The van der Waals surface area contributed by atoms with Gasteiger partial charge < -0.3 is 20.1 Å². The van der Waals surface area contributed by atoms with Crippen LogP contribution in [0, 0.1) is 31.1 Å². The van der Waals surface area contributed by atoms with E-state index in [1.54, 1.807) is 0 Å². The van der Waals surface area contributed by atoms with Gasteiger partial charge in [-0.15, -0.1) is 22.5 Å². The van der Waals surface area contributed by atoms with Crippen LogP contribution in [0.15, 0.2) is 30.3 Å². The summed E-state index contributed by atoms with van der Waals surface area (Å²) < 4.78 is 2.42.